The van der Waals surface area contributed by atoms with E-state index in [1.807, 2.05) is 0 Å². The highest BCUT2D eigenvalue weighted by molar-refractivity contribution is 6.34. The maximum Gasteiger partial charge on any atom is 0.573 e. The van der Waals surface area contributed by atoms with Crippen molar-refractivity contribution in [3.63, 3.8) is 0 Å². The first-order chi connectivity index (χ1) is 20.9. The van der Waals surface area contributed by atoms with Crippen molar-refractivity contribution in [1.29, 1.82) is 0 Å². The zero-order chi connectivity index (χ0) is 32.1. The largest absolute Gasteiger partial charge is 0.573 e. The van der Waals surface area contributed by atoms with Gasteiger partial charge in [-0.25, -0.2) is 9.59 Å². The Hall–Kier alpha value is -3.87. The molecule has 14 heteroatoms. The number of rotatable bonds is 16. The number of carbonyl (C=O) groups excluding carboxylic acids is 1. The topological polar surface area (TPSA) is 104 Å². The molecule has 0 heterocycles. The lowest BCUT2D eigenvalue weighted by atomic mass is 10.1. The SMILES string of the molecule is CCOC(Cc1ccc(OCCN(CCCOc2cc(Cl)cc(Cl)c2)C(=O)Oc2ccc(OC(F)(F)F)cc2)cc1)C(=O)O. The second kappa shape index (κ2) is 16.8. The second-order valence-electron chi connectivity index (χ2n) is 9.16. The first-order valence-electron chi connectivity index (χ1n) is 13.4. The lowest BCUT2D eigenvalue weighted by Gasteiger charge is -2.22. The predicted molar refractivity (Wildman–Crippen MR) is 156 cm³/mol. The van der Waals surface area contributed by atoms with Gasteiger partial charge in [0.1, 0.15) is 29.6 Å². The van der Waals surface area contributed by atoms with Crippen molar-refractivity contribution >= 4 is 35.3 Å². The first-order valence-corrected chi connectivity index (χ1v) is 14.1. The summed E-state index contributed by atoms with van der Waals surface area (Å²) in [6.07, 6.45) is -5.99. The number of halogens is 5. The molecule has 3 aromatic carbocycles. The third-order valence-electron chi connectivity index (χ3n) is 5.82. The van der Waals surface area contributed by atoms with Gasteiger partial charge in [0, 0.05) is 29.6 Å². The van der Waals surface area contributed by atoms with Gasteiger partial charge in [-0.05, 0) is 73.5 Å². The highest BCUT2D eigenvalue weighted by Crippen LogP contribution is 2.26. The van der Waals surface area contributed by atoms with Gasteiger partial charge in [0.2, 0.25) is 0 Å². The average Bonchev–Trinajstić information content (AvgIpc) is 2.94. The van der Waals surface area contributed by atoms with Crippen LogP contribution in [0.5, 0.6) is 23.0 Å². The number of carboxylic acid groups (broad SMARTS) is 1. The van der Waals surface area contributed by atoms with Crippen LogP contribution in [0.15, 0.2) is 66.7 Å². The Kier molecular flexibility index (Phi) is 13.2. The van der Waals surface area contributed by atoms with Gasteiger partial charge in [-0.15, -0.1) is 13.2 Å². The monoisotopic (exact) mass is 659 g/mol. The molecule has 0 saturated carbocycles. The van der Waals surface area contributed by atoms with Crippen LogP contribution in [0, 0.1) is 0 Å². The molecule has 0 radical (unpaired) electrons. The van der Waals surface area contributed by atoms with Crippen LogP contribution in [0.3, 0.4) is 0 Å². The number of benzene rings is 3. The smallest absolute Gasteiger partial charge is 0.493 e. The Balaban J connectivity index is 1.58. The first kappa shape index (κ1) is 34.6. The van der Waals surface area contributed by atoms with Gasteiger partial charge in [-0.2, -0.15) is 0 Å². The van der Waals surface area contributed by atoms with Crippen molar-refractivity contribution in [1.82, 2.24) is 4.90 Å². The minimum atomic E-state index is -4.85. The number of carbonyl (C=O) groups is 2. The van der Waals surface area contributed by atoms with Crippen LogP contribution < -0.4 is 18.9 Å². The molecule has 0 saturated heterocycles. The van der Waals surface area contributed by atoms with Gasteiger partial charge in [-0.1, -0.05) is 35.3 Å². The number of hydrogen-bond donors (Lipinski definition) is 1. The molecular weight excluding hydrogens is 630 g/mol. The third-order valence-corrected chi connectivity index (χ3v) is 6.25. The number of carboxylic acids is 1. The number of ether oxygens (including phenoxy) is 5. The standard InChI is InChI=1S/C30H30Cl2F3NO8/c1-2-40-27(28(37)38)16-20-4-6-23(7-5-20)42-15-13-36(12-3-14-41-26-18-21(31)17-22(32)19-26)29(39)43-24-8-10-25(11-9-24)44-30(33,34)35/h4-11,17-19,27H,2-3,12-16H2,1H3,(H,37,38). The van der Waals surface area contributed by atoms with Crippen molar-refractivity contribution in [3.8, 4) is 23.0 Å². The van der Waals surface area contributed by atoms with Crippen molar-refractivity contribution in [3.05, 3.63) is 82.3 Å². The summed E-state index contributed by atoms with van der Waals surface area (Å²) in [5, 5.41) is 10.1. The number of nitrogens with zero attached hydrogens (tertiary/aromatic N) is 1. The van der Waals surface area contributed by atoms with Crippen LogP contribution in [0.4, 0.5) is 18.0 Å². The maximum atomic E-state index is 13.0. The fourth-order valence-corrected chi connectivity index (χ4v) is 4.36. The van der Waals surface area contributed by atoms with Gasteiger partial charge < -0.3 is 33.7 Å². The summed E-state index contributed by atoms with van der Waals surface area (Å²) in [6.45, 7) is 2.58. The molecule has 3 rings (SSSR count). The second-order valence-corrected chi connectivity index (χ2v) is 10.0. The molecule has 0 bridgehead atoms. The van der Waals surface area contributed by atoms with Crippen LogP contribution in [-0.2, 0) is 16.0 Å². The average molecular weight is 660 g/mol. The van der Waals surface area contributed by atoms with Crippen molar-refractivity contribution in [2.75, 3.05) is 32.9 Å². The summed E-state index contributed by atoms with van der Waals surface area (Å²) >= 11 is 12.0. The predicted octanol–water partition coefficient (Wildman–Crippen LogP) is 7.27. The molecule has 0 aliphatic rings. The van der Waals surface area contributed by atoms with Crippen LogP contribution in [0.25, 0.3) is 0 Å². The molecule has 0 spiro atoms. The Bertz CT molecular complexity index is 1340. The normalized spacial score (nSPS) is 11.9. The summed E-state index contributed by atoms with van der Waals surface area (Å²) < 4.78 is 63.2. The summed E-state index contributed by atoms with van der Waals surface area (Å²) in [4.78, 5) is 25.7. The zero-order valence-electron chi connectivity index (χ0n) is 23.5. The van der Waals surface area contributed by atoms with Crippen LogP contribution in [-0.4, -0.2) is 67.4 Å². The Morgan fingerprint density at radius 2 is 1.43 bits per heavy atom. The molecule has 238 valence electrons. The zero-order valence-corrected chi connectivity index (χ0v) is 25.0. The van der Waals surface area contributed by atoms with E-state index in [1.54, 1.807) is 49.4 Å². The molecular formula is C30H30Cl2F3NO8. The Morgan fingerprint density at radius 3 is 2.02 bits per heavy atom. The number of aliphatic carboxylic acids is 1. The third kappa shape index (κ3) is 12.4. The van der Waals surface area contributed by atoms with Crippen molar-refractivity contribution in [2.45, 2.75) is 32.2 Å². The quantitative estimate of drug-likeness (QED) is 0.160. The van der Waals surface area contributed by atoms with Crippen LogP contribution in [0.1, 0.15) is 18.9 Å². The number of hydrogen-bond acceptors (Lipinski definition) is 7. The minimum Gasteiger partial charge on any atom is -0.493 e. The molecule has 0 aromatic heterocycles. The lowest BCUT2D eigenvalue weighted by Crippen LogP contribution is -2.38. The summed E-state index contributed by atoms with van der Waals surface area (Å²) in [5.41, 5.74) is 0.746. The number of amides is 1. The fourth-order valence-electron chi connectivity index (χ4n) is 3.85. The van der Waals surface area contributed by atoms with Crippen LogP contribution >= 0.6 is 23.2 Å². The molecule has 1 amide bonds. The van der Waals surface area contributed by atoms with E-state index >= 15 is 0 Å². The molecule has 0 aliphatic carbocycles. The molecule has 0 aliphatic heterocycles. The highest BCUT2D eigenvalue weighted by atomic mass is 35.5. The van der Waals surface area contributed by atoms with E-state index in [4.69, 9.17) is 42.1 Å². The fraction of sp³-hybridized carbons (Fsp3) is 0.333. The molecule has 3 aromatic rings. The minimum absolute atomic E-state index is 0.0163. The van der Waals surface area contributed by atoms with Crippen molar-refractivity contribution in [2.24, 2.45) is 0 Å². The van der Waals surface area contributed by atoms with E-state index in [-0.39, 0.29) is 45.1 Å². The van der Waals surface area contributed by atoms with E-state index < -0.39 is 30.3 Å². The molecule has 9 nitrogen and oxygen atoms in total. The van der Waals surface area contributed by atoms with Gasteiger partial charge in [0.25, 0.3) is 0 Å². The van der Waals surface area contributed by atoms with E-state index in [0.717, 1.165) is 17.7 Å². The molecule has 1 unspecified atom stereocenters. The van der Waals surface area contributed by atoms with Gasteiger partial charge >= 0.3 is 18.4 Å². The summed E-state index contributed by atoms with van der Waals surface area (Å²) in [6, 6.07) is 16.0. The van der Waals surface area contributed by atoms with E-state index in [2.05, 4.69) is 4.74 Å². The maximum absolute atomic E-state index is 13.0. The Labute approximate surface area is 261 Å². The van der Waals surface area contributed by atoms with E-state index in [1.165, 1.54) is 17.0 Å². The van der Waals surface area contributed by atoms with E-state index in [9.17, 15) is 27.9 Å². The highest BCUT2D eigenvalue weighted by Gasteiger charge is 2.31. The lowest BCUT2D eigenvalue weighted by molar-refractivity contribution is -0.274. The van der Waals surface area contributed by atoms with E-state index in [0.29, 0.717) is 28.0 Å². The van der Waals surface area contributed by atoms with Gasteiger partial charge in [-0.3, -0.25) is 0 Å². The molecule has 0 fully saturated rings. The van der Waals surface area contributed by atoms with Crippen LogP contribution in [0.2, 0.25) is 10.0 Å². The number of alkyl halides is 3. The summed E-state index contributed by atoms with van der Waals surface area (Å²) in [5.74, 6) is -0.537. The van der Waals surface area contributed by atoms with Gasteiger partial charge in [0.05, 0.1) is 13.2 Å². The Morgan fingerprint density at radius 1 is 0.841 bits per heavy atom. The van der Waals surface area contributed by atoms with Gasteiger partial charge in [0.15, 0.2) is 6.10 Å². The van der Waals surface area contributed by atoms with Crippen molar-refractivity contribution < 1.29 is 51.6 Å². The summed E-state index contributed by atoms with van der Waals surface area (Å²) in [7, 11) is 0. The molecule has 44 heavy (non-hydrogen) atoms. The molecule has 1 atom stereocenters. The molecule has 1 N–H and O–H groups in total.